The number of nitrogens with zero attached hydrogens (tertiary/aromatic N) is 4. The molecule has 1 saturated heterocycles. The number of esters is 1. The van der Waals surface area contributed by atoms with Gasteiger partial charge in [0.25, 0.3) is 0 Å². The van der Waals surface area contributed by atoms with Gasteiger partial charge in [-0.15, -0.1) is 0 Å². The van der Waals surface area contributed by atoms with E-state index >= 15 is 0 Å². The van der Waals surface area contributed by atoms with Gasteiger partial charge in [-0.3, -0.25) is 23.2 Å². The molecule has 0 amide bonds. The molecule has 0 aliphatic carbocycles. The first-order valence-corrected chi connectivity index (χ1v) is 15.9. The number of carbonyl (C=O) groups excluding carboxylic acids is 2. The molecule has 0 bridgehead atoms. The smallest absolute Gasteiger partial charge is 0.405 e. The van der Waals surface area contributed by atoms with E-state index in [9.17, 15) is 29.5 Å². The van der Waals surface area contributed by atoms with Gasteiger partial charge >= 0.3 is 13.7 Å². The van der Waals surface area contributed by atoms with Gasteiger partial charge in [0, 0.05) is 12.3 Å². The number of hydrogen-bond donors (Lipinski definition) is 5. The standard InChI is InChI=1S/C24H39N6O11PS/c1-6-38-15(32)7-8-27-42(36,39-9-10-43-21(34)23(2,3)12-31)40-11-14-17(33)24(4,35)20(41-14)30-13-26-16-18(30)28-22(25)29-19(16)37-5/h13-14,17,20,31,33,35H,6-12H2,1-5H3,(H,27,36)(H2,25,28,29)/t14-,17?,20?,24?,42?/m1/s1. The van der Waals surface area contributed by atoms with Crippen LogP contribution in [0.5, 0.6) is 5.88 Å². The number of nitrogens with two attached hydrogens (primary N) is 1. The van der Waals surface area contributed by atoms with E-state index in [1.807, 2.05) is 0 Å². The molecule has 2 aromatic heterocycles. The molecule has 0 saturated carbocycles. The lowest BCUT2D eigenvalue weighted by Crippen LogP contribution is -2.44. The Bertz CT molecular complexity index is 1330. The van der Waals surface area contributed by atoms with E-state index in [0.717, 1.165) is 11.8 Å². The molecule has 2 aromatic rings. The van der Waals surface area contributed by atoms with Crippen molar-refractivity contribution in [1.29, 1.82) is 0 Å². The van der Waals surface area contributed by atoms with E-state index in [0.29, 0.717) is 0 Å². The van der Waals surface area contributed by atoms with Crippen molar-refractivity contribution < 1.29 is 52.7 Å². The Morgan fingerprint density at radius 1 is 1.33 bits per heavy atom. The average Bonchev–Trinajstić information content (AvgIpc) is 3.46. The molecule has 17 nitrogen and oxygen atoms in total. The fourth-order valence-corrected chi connectivity index (χ4v) is 6.23. The van der Waals surface area contributed by atoms with Crippen LogP contribution in [-0.4, -0.2) is 110 Å². The van der Waals surface area contributed by atoms with Gasteiger partial charge in [-0.1, -0.05) is 11.8 Å². The van der Waals surface area contributed by atoms with Crippen LogP contribution in [-0.2, 0) is 32.7 Å². The number of rotatable bonds is 16. The third kappa shape index (κ3) is 8.40. The number of ether oxygens (including phenoxy) is 3. The minimum Gasteiger partial charge on any atom is -0.479 e. The minimum absolute atomic E-state index is 0.0939. The first-order chi connectivity index (χ1) is 20.2. The number of carbonyl (C=O) groups is 2. The Morgan fingerprint density at radius 2 is 2.05 bits per heavy atom. The van der Waals surface area contributed by atoms with Crippen LogP contribution in [0, 0.1) is 5.41 Å². The lowest BCUT2D eigenvalue weighted by Gasteiger charge is -2.27. The quantitative estimate of drug-likeness (QED) is 0.0937. The van der Waals surface area contributed by atoms with E-state index < -0.39 is 49.8 Å². The predicted octanol–water partition coefficient (Wildman–Crippen LogP) is 0.389. The van der Waals surface area contributed by atoms with E-state index in [-0.39, 0.29) is 66.6 Å². The summed E-state index contributed by atoms with van der Waals surface area (Å²) in [6, 6.07) is 0. The lowest BCUT2D eigenvalue weighted by molar-refractivity contribution is -0.142. The number of imidazole rings is 1. The zero-order valence-corrected chi connectivity index (χ0v) is 26.3. The number of thioether (sulfide) groups is 1. The van der Waals surface area contributed by atoms with Crippen molar-refractivity contribution in [1.82, 2.24) is 24.6 Å². The molecule has 3 heterocycles. The Kier molecular flexibility index (Phi) is 11.9. The van der Waals surface area contributed by atoms with E-state index in [2.05, 4.69) is 20.0 Å². The van der Waals surface area contributed by atoms with Crippen molar-refractivity contribution in [2.24, 2.45) is 5.41 Å². The number of aromatic nitrogens is 4. The van der Waals surface area contributed by atoms with Crippen molar-refractivity contribution in [3.8, 4) is 5.88 Å². The number of aliphatic hydroxyl groups is 3. The molecule has 43 heavy (non-hydrogen) atoms. The second-order valence-corrected chi connectivity index (χ2v) is 13.3. The van der Waals surface area contributed by atoms with Crippen molar-refractivity contribution in [3.05, 3.63) is 6.33 Å². The Balaban J connectivity index is 1.72. The highest BCUT2D eigenvalue weighted by atomic mass is 32.2. The second kappa shape index (κ2) is 14.6. The first-order valence-electron chi connectivity index (χ1n) is 13.4. The Morgan fingerprint density at radius 3 is 2.70 bits per heavy atom. The monoisotopic (exact) mass is 650 g/mol. The summed E-state index contributed by atoms with van der Waals surface area (Å²) in [7, 11) is -2.75. The van der Waals surface area contributed by atoms with E-state index in [1.165, 1.54) is 24.9 Å². The molecule has 242 valence electrons. The molecule has 3 rings (SSSR count). The topological polar surface area (TPSA) is 240 Å². The first kappa shape index (κ1) is 35.1. The maximum atomic E-state index is 13.6. The zero-order chi connectivity index (χ0) is 32.0. The molecule has 1 aliphatic rings. The Labute approximate surface area is 252 Å². The van der Waals surface area contributed by atoms with Crippen LogP contribution < -0.4 is 15.6 Å². The molecule has 19 heteroatoms. The molecule has 1 fully saturated rings. The van der Waals surface area contributed by atoms with Crippen LogP contribution in [0.25, 0.3) is 11.2 Å². The number of anilines is 1. The fourth-order valence-electron chi connectivity index (χ4n) is 3.98. The van der Waals surface area contributed by atoms with Gasteiger partial charge in [-0.05, 0) is 27.7 Å². The highest BCUT2D eigenvalue weighted by Crippen LogP contribution is 2.46. The fraction of sp³-hybridized carbons (Fsp3) is 0.708. The van der Waals surface area contributed by atoms with E-state index in [1.54, 1.807) is 20.8 Å². The lowest BCUT2D eigenvalue weighted by atomic mass is 9.96. The van der Waals surface area contributed by atoms with Gasteiger partial charge in [-0.25, -0.2) is 14.6 Å². The second-order valence-electron chi connectivity index (χ2n) is 10.4. The number of methoxy groups -OCH3 is 1. The molecule has 0 spiro atoms. The Hall–Kier alpha value is -2.41. The molecule has 5 atom stereocenters. The number of hydrogen-bond acceptors (Lipinski definition) is 16. The van der Waals surface area contributed by atoms with Crippen molar-refractivity contribution in [3.63, 3.8) is 0 Å². The van der Waals surface area contributed by atoms with Gasteiger partial charge < -0.3 is 35.3 Å². The average molecular weight is 651 g/mol. The summed E-state index contributed by atoms with van der Waals surface area (Å²) in [6.07, 6.45) is -2.78. The van der Waals surface area contributed by atoms with Gasteiger partial charge in [0.05, 0.1) is 51.7 Å². The van der Waals surface area contributed by atoms with Crippen LogP contribution >= 0.6 is 19.5 Å². The van der Waals surface area contributed by atoms with Crippen LogP contribution in [0.15, 0.2) is 6.33 Å². The minimum atomic E-state index is -4.14. The van der Waals surface area contributed by atoms with Gasteiger partial charge in [0.15, 0.2) is 22.5 Å². The molecule has 6 N–H and O–H groups in total. The van der Waals surface area contributed by atoms with Crippen molar-refractivity contribution in [2.45, 2.75) is 58.2 Å². The summed E-state index contributed by atoms with van der Waals surface area (Å²) in [5.74, 6) is -0.450. The highest BCUT2D eigenvalue weighted by Gasteiger charge is 2.54. The number of fused-ring (bicyclic) bond motifs is 1. The molecule has 0 radical (unpaired) electrons. The third-order valence-electron chi connectivity index (χ3n) is 6.48. The molecular formula is C24H39N6O11PS. The summed E-state index contributed by atoms with van der Waals surface area (Å²) in [4.78, 5) is 36.4. The summed E-state index contributed by atoms with van der Waals surface area (Å²) >= 11 is 0.894. The van der Waals surface area contributed by atoms with Crippen LogP contribution in [0.3, 0.4) is 0 Å². The maximum absolute atomic E-state index is 13.6. The van der Waals surface area contributed by atoms with Crippen molar-refractivity contribution in [2.75, 3.05) is 51.6 Å². The zero-order valence-electron chi connectivity index (χ0n) is 24.6. The van der Waals surface area contributed by atoms with Gasteiger partial charge in [0.1, 0.15) is 17.8 Å². The number of nitrogens with one attached hydrogen (secondary N) is 1. The molecule has 1 aliphatic heterocycles. The normalized spacial score (nSPS) is 23.8. The molecular weight excluding hydrogens is 611 g/mol. The summed E-state index contributed by atoms with van der Waals surface area (Å²) in [6.45, 7) is 5.18. The van der Waals surface area contributed by atoms with Crippen LogP contribution in [0.2, 0.25) is 0 Å². The van der Waals surface area contributed by atoms with Gasteiger partial charge in [0.2, 0.25) is 11.8 Å². The third-order valence-corrected chi connectivity index (χ3v) is 9.29. The number of nitrogen functional groups attached to an aromatic ring is 1. The molecule has 0 aromatic carbocycles. The SMILES string of the molecule is CCOC(=O)CCNP(=O)(OCCSC(=O)C(C)(C)CO)OC[C@H]1OC(n2cnc3c(OC)nc(N)nc32)C(C)(O)C1O. The number of aliphatic hydroxyl groups excluding tert-OH is 2. The summed E-state index contributed by atoms with van der Waals surface area (Å²) in [5.41, 5.74) is 3.35. The highest BCUT2D eigenvalue weighted by molar-refractivity contribution is 8.13. The molecule has 4 unspecified atom stereocenters. The van der Waals surface area contributed by atoms with Crippen LogP contribution in [0.1, 0.15) is 40.3 Å². The van der Waals surface area contributed by atoms with E-state index in [4.69, 9.17) is 29.0 Å². The van der Waals surface area contributed by atoms with Crippen LogP contribution in [0.4, 0.5) is 5.95 Å². The van der Waals surface area contributed by atoms with Crippen molar-refractivity contribution >= 4 is 47.7 Å². The summed E-state index contributed by atoms with van der Waals surface area (Å²) in [5, 5.41) is 33.8. The largest absolute Gasteiger partial charge is 0.479 e. The summed E-state index contributed by atoms with van der Waals surface area (Å²) < 4.78 is 42.0. The maximum Gasteiger partial charge on any atom is 0.405 e. The predicted molar refractivity (Wildman–Crippen MR) is 154 cm³/mol. The van der Waals surface area contributed by atoms with Gasteiger partial charge in [-0.2, -0.15) is 9.97 Å².